The molecule has 0 bridgehead atoms. The summed E-state index contributed by atoms with van der Waals surface area (Å²) in [5.41, 5.74) is 0.480. The summed E-state index contributed by atoms with van der Waals surface area (Å²) in [6.07, 6.45) is 5.99. The lowest BCUT2D eigenvalue weighted by Gasteiger charge is -2.39. The van der Waals surface area contributed by atoms with E-state index < -0.39 is 0 Å². The van der Waals surface area contributed by atoms with Crippen molar-refractivity contribution in [1.29, 1.82) is 0 Å². The van der Waals surface area contributed by atoms with Crippen LogP contribution in [0.5, 0.6) is 0 Å². The molecule has 0 aromatic carbocycles. The minimum absolute atomic E-state index is 0.0389. The average Bonchev–Trinajstić information content (AvgIpc) is 3.15. The Balaban J connectivity index is 1.78. The van der Waals surface area contributed by atoms with Crippen LogP contribution in [-0.2, 0) is 4.74 Å². The highest BCUT2D eigenvalue weighted by molar-refractivity contribution is 5.92. The normalized spacial score (nSPS) is 29.3. The van der Waals surface area contributed by atoms with Crippen LogP contribution in [0.4, 0.5) is 0 Å². The second-order valence-corrected chi connectivity index (χ2v) is 6.60. The van der Waals surface area contributed by atoms with E-state index in [1.54, 1.807) is 6.33 Å². The van der Waals surface area contributed by atoms with Gasteiger partial charge in [0.1, 0.15) is 5.69 Å². The molecule has 0 spiro atoms. The molecule has 1 N–H and O–H groups in total. The first-order valence-corrected chi connectivity index (χ1v) is 8.18. The number of ether oxygens (including phenoxy) is 1. The zero-order chi connectivity index (χ0) is 15.7. The van der Waals surface area contributed by atoms with Crippen molar-refractivity contribution >= 4 is 5.91 Å². The van der Waals surface area contributed by atoms with Gasteiger partial charge in [-0.15, -0.1) is 0 Å². The van der Waals surface area contributed by atoms with Crippen LogP contribution in [0.1, 0.15) is 49.6 Å². The molecule has 1 amide bonds. The van der Waals surface area contributed by atoms with Gasteiger partial charge in [0, 0.05) is 24.7 Å². The van der Waals surface area contributed by atoms with E-state index in [-0.39, 0.29) is 30.0 Å². The lowest BCUT2D eigenvalue weighted by Crippen LogP contribution is -2.53. The van der Waals surface area contributed by atoms with Crippen LogP contribution >= 0.6 is 0 Å². The number of aliphatic hydroxyl groups excluding tert-OH is 1. The molecule has 1 aliphatic heterocycles. The summed E-state index contributed by atoms with van der Waals surface area (Å²) in [5.74, 6) is 0.0724. The number of amides is 1. The number of hydrogen-bond acceptors (Lipinski definition) is 4. The molecule has 6 heteroatoms. The smallest absolute Gasteiger partial charge is 0.274 e. The number of hydrogen-bond donors (Lipinski definition) is 1. The van der Waals surface area contributed by atoms with Crippen LogP contribution in [0.3, 0.4) is 0 Å². The van der Waals surface area contributed by atoms with Crippen LogP contribution in [0, 0.1) is 5.92 Å². The van der Waals surface area contributed by atoms with E-state index in [4.69, 9.17) is 4.74 Å². The molecule has 1 aromatic rings. The fraction of sp³-hybridized carbons (Fsp3) is 0.750. The van der Waals surface area contributed by atoms with Crippen LogP contribution in [0.25, 0.3) is 0 Å². The van der Waals surface area contributed by atoms with Crippen molar-refractivity contribution in [3.8, 4) is 0 Å². The maximum Gasteiger partial charge on any atom is 0.274 e. The minimum atomic E-state index is -0.324. The third kappa shape index (κ3) is 2.90. The highest BCUT2D eigenvalue weighted by Crippen LogP contribution is 2.32. The van der Waals surface area contributed by atoms with Crippen molar-refractivity contribution in [3.63, 3.8) is 0 Å². The Labute approximate surface area is 131 Å². The number of aliphatic hydroxyl groups is 1. The number of carbonyl (C=O) groups excluding carboxylic acids is 1. The number of nitrogens with zero attached hydrogens (tertiary/aromatic N) is 3. The topological polar surface area (TPSA) is 67.6 Å². The first-order chi connectivity index (χ1) is 10.6. The molecule has 1 saturated heterocycles. The van der Waals surface area contributed by atoms with Crippen LogP contribution < -0.4 is 0 Å². The molecular formula is C16H25N3O3. The van der Waals surface area contributed by atoms with Crippen molar-refractivity contribution in [3.05, 3.63) is 18.2 Å². The summed E-state index contributed by atoms with van der Waals surface area (Å²) >= 11 is 0. The molecule has 2 fully saturated rings. The van der Waals surface area contributed by atoms with Gasteiger partial charge in [-0.2, -0.15) is 0 Å². The lowest BCUT2D eigenvalue weighted by molar-refractivity contribution is -0.0385. The van der Waals surface area contributed by atoms with Gasteiger partial charge in [-0.25, -0.2) is 4.98 Å². The molecule has 3 atom stereocenters. The zero-order valence-corrected chi connectivity index (χ0v) is 13.3. The Kier molecular flexibility index (Phi) is 4.49. The van der Waals surface area contributed by atoms with E-state index in [2.05, 4.69) is 18.8 Å². The van der Waals surface area contributed by atoms with Gasteiger partial charge in [-0.1, -0.05) is 6.42 Å². The van der Waals surface area contributed by atoms with Crippen LogP contribution in [0.2, 0.25) is 0 Å². The predicted molar refractivity (Wildman–Crippen MR) is 81.6 cm³/mol. The number of imidazole rings is 1. The Bertz CT molecular complexity index is 528. The molecule has 2 heterocycles. The van der Waals surface area contributed by atoms with Crippen molar-refractivity contribution in [1.82, 2.24) is 14.5 Å². The second-order valence-electron chi connectivity index (χ2n) is 6.60. The average molecular weight is 307 g/mol. The molecule has 2 aliphatic rings. The van der Waals surface area contributed by atoms with Gasteiger partial charge in [0.05, 0.1) is 31.7 Å². The fourth-order valence-corrected chi connectivity index (χ4v) is 3.52. The maximum absolute atomic E-state index is 12.8. The van der Waals surface area contributed by atoms with Gasteiger partial charge < -0.3 is 19.3 Å². The number of aromatic nitrogens is 2. The Hall–Kier alpha value is -1.40. The molecule has 122 valence electrons. The Morgan fingerprint density at radius 2 is 2.27 bits per heavy atom. The van der Waals surface area contributed by atoms with Crippen molar-refractivity contribution in [2.24, 2.45) is 5.92 Å². The van der Waals surface area contributed by atoms with Gasteiger partial charge in [0.15, 0.2) is 0 Å². The molecule has 6 nitrogen and oxygen atoms in total. The van der Waals surface area contributed by atoms with Crippen LogP contribution in [-0.4, -0.2) is 57.4 Å². The molecule has 1 aliphatic carbocycles. The first-order valence-electron chi connectivity index (χ1n) is 8.18. The van der Waals surface area contributed by atoms with Crippen molar-refractivity contribution in [2.75, 3.05) is 19.8 Å². The van der Waals surface area contributed by atoms with Crippen molar-refractivity contribution in [2.45, 2.75) is 51.3 Å². The molecule has 0 radical (unpaired) electrons. The molecule has 0 unspecified atom stereocenters. The Morgan fingerprint density at radius 3 is 2.91 bits per heavy atom. The van der Waals surface area contributed by atoms with E-state index >= 15 is 0 Å². The monoisotopic (exact) mass is 307 g/mol. The fourth-order valence-electron chi connectivity index (χ4n) is 3.52. The summed E-state index contributed by atoms with van der Waals surface area (Å²) in [6.45, 7) is 5.75. The van der Waals surface area contributed by atoms with E-state index in [9.17, 15) is 9.90 Å². The SMILES string of the molecule is CC(C)n1cnc(C(=O)N2CCOC[C@@H]2[C@H]2CCC[C@@H]2O)c1. The molecular weight excluding hydrogens is 282 g/mol. The molecule has 1 aromatic heterocycles. The van der Waals surface area contributed by atoms with Gasteiger partial charge in [-0.05, 0) is 26.7 Å². The van der Waals surface area contributed by atoms with Gasteiger partial charge in [-0.3, -0.25) is 4.79 Å². The van der Waals surface area contributed by atoms with Crippen LogP contribution in [0.15, 0.2) is 12.5 Å². The summed E-state index contributed by atoms with van der Waals surface area (Å²) in [6, 6.07) is 0.245. The summed E-state index contributed by atoms with van der Waals surface area (Å²) in [7, 11) is 0. The molecule has 22 heavy (non-hydrogen) atoms. The zero-order valence-electron chi connectivity index (χ0n) is 13.3. The highest BCUT2D eigenvalue weighted by atomic mass is 16.5. The largest absolute Gasteiger partial charge is 0.393 e. The lowest BCUT2D eigenvalue weighted by atomic mass is 9.94. The third-order valence-corrected chi connectivity index (χ3v) is 4.87. The maximum atomic E-state index is 12.8. The summed E-state index contributed by atoms with van der Waals surface area (Å²) in [4.78, 5) is 18.9. The van der Waals surface area contributed by atoms with Gasteiger partial charge in [0.25, 0.3) is 5.91 Å². The van der Waals surface area contributed by atoms with E-state index in [0.717, 1.165) is 19.3 Å². The number of morpholine rings is 1. The standard InChI is InChI=1S/C16H25N3O3/c1-11(2)18-8-13(17-10-18)16(21)19-6-7-22-9-14(19)12-4-3-5-15(12)20/h8,10-12,14-15,20H,3-7,9H2,1-2H3/t12-,14-,15+/m1/s1. The van der Waals surface area contributed by atoms with E-state index in [0.29, 0.717) is 25.5 Å². The first kappa shape index (κ1) is 15.5. The molecule has 1 saturated carbocycles. The van der Waals surface area contributed by atoms with Gasteiger partial charge in [0.2, 0.25) is 0 Å². The number of rotatable bonds is 3. The Morgan fingerprint density at radius 1 is 1.45 bits per heavy atom. The van der Waals surface area contributed by atoms with Crippen molar-refractivity contribution < 1.29 is 14.6 Å². The molecule has 3 rings (SSSR count). The minimum Gasteiger partial charge on any atom is -0.393 e. The second kappa shape index (κ2) is 6.38. The quantitative estimate of drug-likeness (QED) is 0.918. The highest BCUT2D eigenvalue weighted by Gasteiger charge is 2.40. The summed E-state index contributed by atoms with van der Waals surface area (Å²) in [5, 5.41) is 10.2. The summed E-state index contributed by atoms with van der Waals surface area (Å²) < 4.78 is 7.51. The van der Waals surface area contributed by atoms with E-state index in [1.807, 2.05) is 15.7 Å². The predicted octanol–water partition coefficient (Wildman–Crippen LogP) is 1.47. The third-order valence-electron chi connectivity index (χ3n) is 4.87. The van der Waals surface area contributed by atoms with Gasteiger partial charge >= 0.3 is 0 Å². The van der Waals surface area contributed by atoms with E-state index in [1.165, 1.54) is 0 Å². The number of carbonyl (C=O) groups is 1.